The molecule has 1 aromatic carbocycles. The summed E-state index contributed by atoms with van der Waals surface area (Å²) in [6.07, 6.45) is 2.54. The number of hydrogen-bond acceptors (Lipinski definition) is 4. The number of anilines is 1. The first-order valence-electron chi connectivity index (χ1n) is 8.35. The first kappa shape index (κ1) is 14.2. The highest BCUT2D eigenvalue weighted by molar-refractivity contribution is 5.80. The molecule has 0 aromatic heterocycles. The Bertz CT molecular complexity index is 891. The van der Waals surface area contributed by atoms with Gasteiger partial charge < -0.3 is 9.32 Å². The van der Waals surface area contributed by atoms with Gasteiger partial charge in [-0.2, -0.15) is 0 Å². The molecule has 4 heteroatoms. The van der Waals surface area contributed by atoms with E-state index in [0.29, 0.717) is 0 Å². The molecule has 4 nitrogen and oxygen atoms in total. The van der Waals surface area contributed by atoms with E-state index in [1.807, 2.05) is 13.0 Å². The summed E-state index contributed by atoms with van der Waals surface area (Å²) in [5.74, 6) is 0.800. The fourth-order valence-electron chi connectivity index (χ4n) is 3.27. The highest BCUT2D eigenvalue weighted by Crippen LogP contribution is 2.28. The van der Waals surface area contributed by atoms with Crippen molar-refractivity contribution in [3.05, 3.63) is 41.3 Å². The summed E-state index contributed by atoms with van der Waals surface area (Å²) in [6.45, 7) is 7.14. The first-order chi connectivity index (χ1) is 11.2. The Balaban J connectivity index is 1.89. The van der Waals surface area contributed by atoms with Crippen LogP contribution in [0.4, 0.5) is 5.69 Å². The van der Waals surface area contributed by atoms with Crippen LogP contribution < -0.4 is 10.3 Å². The molecule has 0 bridgehead atoms. The summed E-state index contributed by atoms with van der Waals surface area (Å²) in [7, 11) is 0. The van der Waals surface area contributed by atoms with Crippen molar-refractivity contribution in [1.29, 1.82) is 0 Å². The van der Waals surface area contributed by atoms with Crippen LogP contribution in [0, 0.1) is 6.92 Å². The number of nitrogens with zero attached hydrogens (tertiary/aromatic N) is 3. The maximum absolute atomic E-state index is 6.14. The first-order valence-corrected chi connectivity index (χ1v) is 8.35. The SMILES string of the molecule is CC/N=c1/cc2oc3cc(N4CCCC4)ccc3nc-2cc1C. The number of aromatic nitrogens is 1. The lowest BCUT2D eigenvalue weighted by molar-refractivity contribution is 0.611. The number of fused-ring (bicyclic) bond motifs is 2. The predicted octanol–water partition coefficient (Wildman–Crippen LogP) is 3.76. The van der Waals surface area contributed by atoms with Gasteiger partial charge in [0.05, 0.1) is 5.36 Å². The third-order valence-corrected chi connectivity index (χ3v) is 4.48. The molecule has 118 valence electrons. The Hall–Kier alpha value is -2.36. The molecule has 1 aliphatic carbocycles. The zero-order chi connectivity index (χ0) is 15.8. The molecule has 1 fully saturated rings. The summed E-state index contributed by atoms with van der Waals surface area (Å²) in [4.78, 5) is 11.7. The molecule has 2 aliphatic heterocycles. The van der Waals surface area contributed by atoms with Crippen LogP contribution in [0.2, 0.25) is 0 Å². The molecule has 1 aromatic rings. The number of rotatable bonds is 2. The van der Waals surface area contributed by atoms with Crippen molar-refractivity contribution in [3.63, 3.8) is 0 Å². The number of hydrogen-bond donors (Lipinski definition) is 0. The fourth-order valence-corrected chi connectivity index (χ4v) is 3.27. The standard InChI is InChI=1S/C19H21N3O/c1-3-20-16-12-19-17(10-13(16)2)21-15-7-6-14(11-18(15)23-19)22-8-4-5-9-22/h6-7,10-12H,3-5,8-9H2,1-2H3/b20-16-. The summed E-state index contributed by atoms with van der Waals surface area (Å²) < 4.78 is 6.14. The van der Waals surface area contributed by atoms with Gasteiger partial charge in [-0.1, -0.05) is 0 Å². The minimum Gasteiger partial charge on any atom is -0.453 e. The number of aryl methyl sites for hydroxylation is 1. The zero-order valence-corrected chi connectivity index (χ0v) is 13.7. The molecule has 3 aliphatic rings. The van der Waals surface area contributed by atoms with Gasteiger partial charge in [-0.15, -0.1) is 0 Å². The molecule has 2 heterocycles. The average molecular weight is 307 g/mol. The van der Waals surface area contributed by atoms with E-state index in [0.717, 1.165) is 53.1 Å². The molecule has 0 radical (unpaired) electrons. The fraction of sp³-hybridized carbons (Fsp3) is 0.368. The smallest absolute Gasteiger partial charge is 0.155 e. The van der Waals surface area contributed by atoms with Crippen molar-refractivity contribution >= 4 is 16.8 Å². The quantitative estimate of drug-likeness (QED) is 0.677. The lowest BCUT2D eigenvalue weighted by Crippen LogP contribution is -2.17. The summed E-state index contributed by atoms with van der Waals surface area (Å²) >= 11 is 0. The van der Waals surface area contributed by atoms with E-state index in [9.17, 15) is 0 Å². The lowest BCUT2D eigenvalue weighted by Gasteiger charge is -2.18. The van der Waals surface area contributed by atoms with Crippen LogP contribution in [0.25, 0.3) is 22.6 Å². The van der Waals surface area contributed by atoms with E-state index in [-0.39, 0.29) is 0 Å². The minimum absolute atomic E-state index is 0.770. The van der Waals surface area contributed by atoms with Crippen LogP contribution in [0.1, 0.15) is 25.3 Å². The van der Waals surface area contributed by atoms with Crippen LogP contribution in [0.5, 0.6) is 0 Å². The largest absolute Gasteiger partial charge is 0.453 e. The summed E-state index contributed by atoms with van der Waals surface area (Å²) in [6, 6.07) is 10.4. The molecule has 1 saturated heterocycles. The van der Waals surface area contributed by atoms with Gasteiger partial charge in [-0.05, 0) is 50.5 Å². The second-order valence-corrected chi connectivity index (χ2v) is 6.14. The monoisotopic (exact) mass is 307 g/mol. The minimum atomic E-state index is 0.770. The highest BCUT2D eigenvalue weighted by Gasteiger charge is 2.15. The van der Waals surface area contributed by atoms with Gasteiger partial charge in [0.2, 0.25) is 0 Å². The van der Waals surface area contributed by atoms with E-state index in [1.165, 1.54) is 18.5 Å². The Labute approximate surface area is 135 Å². The highest BCUT2D eigenvalue weighted by atomic mass is 16.3. The molecule has 0 spiro atoms. The van der Waals surface area contributed by atoms with E-state index in [4.69, 9.17) is 9.40 Å². The molecule has 0 saturated carbocycles. The lowest BCUT2D eigenvalue weighted by atomic mass is 10.1. The van der Waals surface area contributed by atoms with E-state index < -0.39 is 0 Å². The molecule has 0 unspecified atom stereocenters. The van der Waals surface area contributed by atoms with Crippen LogP contribution in [0.3, 0.4) is 0 Å². The van der Waals surface area contributed by atoms with E-state index in [1.54, 1.807) is 0 Å². The van der Waals surface area contributed by atoms with Gasteiger partial charge in [0.25, 0.3) is 0 Å². The molecular formula is C19H21N3O. The van der Waals surface area contributed by atoms with Crippen LogP contribution in [-0.2, 0) is 0 Å². The van der Waals surface area contributed by atoms with Crippen LogP contribution in [-0.4, -0.2) is 24.6 Å². The molecule has 4 rings (SSSR count). The molecular weight excluding hydrogens is 286 g/mol. The summed E-state index contributed by atoms with van der Waals surface area (Å²) in [5.41, 5.74) is 4.99. The van der Waals surface area contributed by atoms with Gasteiger partial charge in [0.1, 0.15) is 11.2 Å². The molecule has 0 N–H and O–H groups in total. The Morgan fingerprint density at radius 2 is 2.00 bits per heavy atom. The van der Waals surface area contributed by atoms with Gasteiger partial charge in [-0.25, -0.2) is 4.98 Å². The predicted molar refractivity (Wildman–Crippen MR) is 92.9 cm³/mol. The van der Waals surface area contributed by atoms with Crippen molar-refractivity contribution in [3.8, 4) is 11.5 Å². The van der Waals surface area contributed by atoms with Crippen molar-refractivity contribution in [2.75, 3.05) is 24.5 Å². The normalized spacial score (nSPS) is 15.9. The third-order valence-electron chi connectivity index (χ3n) is 4.48. The van der Waals surface area contributed by atoms with Gasteiger partial charge >= 0.3 is 0 Å². The Kier molecular flexibility index (Phi) is 3.52. The van der Waals surface area contributed by atoms with Crippen molar-refractivity contribution in [2.45, 2.75) is 26.7 Å². The van der Waals surface area contributed by atoms with Crippen LogP contribution in [0.15, 0.2) is 39.7 Å². The molecule has 0 atom stereocenters. The Morgan fingerprint density at radius 1 is 1.17 bits per heavy atom. The second-order valence-electron chi connectivity index (χ2n) is 6.14. The maximum atomic E-state index is 6.14. The van der Waals surface area contributed by atoms with Crippen molar-refractivity contribution < 1.29 is 4.42 Å². The number of benzene rings is 2. The third kappa shape index (κ3) is 2.58. The molecule has 0 amide bonds. The van der Waals surface area contributed by atoms with Crippen molar-refractivity contribution in [1.82, 2.24) is 4.98 Å². The van der Waals surface area contributed by atoms with Crippen LogP contribution >= 0.6 is 0 Å². The van der Waals surface area contributed by atoms with Crippen molar-refractivity contribution in [2.24, 2.45) is 4.99 Å². The van der Waals surface area contributed by atoms with E-state index >= 15 is 0 Å². The average Bonchev–Trinajstić information content (AvgIpc) is 3.08. The molecule has 23 heavy (non-hydrogen) atoms. The van der Waals surface area contributed by atoms with Gasteiger partial charge in [-0.3, -0.25) is 4.99 Å². The maximum Gasteiger partial charge on any atom is 0.155 e. The second kappa shape index (κ2) is 5.69. The van der Waals surface area contributed by atoms with E-state index in [2.05, 4.69) is 41.1 Å². The Morgan fingerprint density at radius 3 is 2.78 bits per heavy atom. The summed E-state index contributed by atoms with van der Waals surface area (Å²) in [5, 5.41) is 0.987. The van der Waals surface area contributed by atoms with Gasteiger partial charge in [0.15, 0.2) is 11.3 Å². The topological polar surface area (TPSA) is 41.6 Å². The zero-order valence-electron chi connectivity index (χ0n) is 13.7. The van der Waals surface area contributed by atoms with Gasteiger partial charge in [0, 0.05) is 37.5 Å².